The fraction of sp³-hybridized carbons (Fsp3) is 0.538. The summed E-state index contributed by atoms with van der Waals surface area (Å²) in [5, 5.41) is 4.28. The quantitative estimate of drug-likeness (QED) is 0.675. The Morgan fingerprint density at radius 3 is 2.69 bits per heavy atom. The van der Waals surface area contributed by atoms with E-state index in [1.165, 1.54) is 0 Å². The summed E-state index contributed by atoms with van der Waals surface area (Å²) >= 11 is 0. The molecule has 2 aliphatic rings. The van der Waals surface area contributed by atoms with E-state index >= 15 is 0 Å². The number of nitrogens with zero attached hydrogens (tertiary/aromatic N) is 2. The van der Waals surface area contributed by atoms with Crippen LogP contribution in [0.15, 0.2) is 18.2 Å². The molecule has 0 spiro atoms. The molecule has 0 aliphatic heterocycles. The molecule has 84 valence electrons. The molecular weight excluding hydrogens is 200 g/mol. The van der Waals surface area contributed by atoms with Gasteiger partial charge in [0.15, 0.2) is 0 Å². The second-order valence-electron chi connectivity index (χ2n) is 5.06. The van der Waals surface area contributed by atoms with Crippen molar-refractivity contribution < 1.29 is 4.79 Å². The Hall–Kier alpha value is -1.38. The molecule has 0 amide bonds. The van der Waals surface area contributed by atoms with Crippen LogP contribution in [0.5, 0.6) is 0 Å². The van der Waals surface area contributed by atoms with Crippen LogP contribution in [0.25, 0.3) is 0 Å². The van der Waals surface area contributed by atoms with Crippen molar-refractivity contribution in [2.24, 2.45) is 17.8 Å². The van der Waals surface area contributed by atoms with E-state index in [0.29, 0.717) is 11.8 Å². The van der Waals surface area contributed by atoms with Gasteiger partial charge in [0, 0.05) is 11.6 Å². The molecule has 0 radical (unpaired) electrons. The monoisotopic (exact) mass is 216 g/mol. The van der Waals surface area contributed by atoms with Crippen LogP contribution in [0.4, 0.5) is 0 Å². The summed E-state index contributed by atoms with van der Waals surface area (Å²) in [7, 11) is 0. The van der Waals surface area contributed by atoms with Crippen molar-refractivity contribution in [1.29, 1.82) is 0 Å². The van der Waals surface area contributed by atoms with Gasteiger partial charge in [-0.2, -0.15) is 5.10 Å². The van der Waals surface area contributed by atoms with Gasteiger partial charge in [0.05, 0.1) is 5.69 Å². The van der Waals surface area contributed by atoms with Gasteiger partial charge in [-0.3, -0.25) is 4.79 Å². The first-order valence-electron chi connectivity index (χ1n) is 5.91. The number of carbonyl (C=O) groups excluding carboxylic acids is 1. The van der Waals surface area contributed by atoms with Crippen LogP contribution in [0.3, 0.4) is 0 Å². The lowest BCUT2D eigenvalue weighted by atomic mass is 9.93. The number of carbonyl (C=O) groups is 1. The third kappa shape index (κ3) is 1.34. The maximum absolute atomic E-state index is 12.3. The largest absolute Gasteiger partial charge is 0.272 e. The van der Waals surface area contributed by atoms with Crippen molar-refractivity contribution in [1.82, 2.24) is 9.78 Å². The van der Waals surface area contributed by atoms with Gasteiger partial charge < -0.3 is 0 Å². The molecule has 1 aromatic rings. The molecule has 1 fully saturated rings. The molecule has 0 N–H and O–H groups in total. The molecule has 0 aromatic carbocycles. The minimum absolute atomic E-state index is 0.160. The summed E-state index contributed by atoms with van der Waals surface area (Å²) in [5.74, 6) is 1.44. The van der Waals surface area contributed by atoms with Crippen molar-refractivity contribution in [2.45, 2.75) is 26.7 Å². The Labute approximate surface area is 95.1 Å². The highest BCUT2D eigenvalue weighted by Crippen LogP contribution is 2.44. The van der Waals surface area contributed by atoms with Crippen LogP contribution < -0.4 is 0 Å². The first kappa shape index (κ1) is 9.82. The molecule has 2 aliphatic carbocycles. The zero-order valence-corrected chi connectivity index (χ0v) is 9.68. The molecule has 3 nitrogen and oxygen atoms in total. The molecule has 3 atom stereocenters. The average Bonchev–Trinajstić information content (AvgIpc) is 2.91. The van der Waals surface area contributed by atoms with Crippen LogP contribution >= 0.6 is 0 Å². The smallest absolute Gasteiger partial charge is 0.250 e. The molecular formula is C13H16N2O. The van der Waals surface area contributed by atoms with Crippen LogP contribution in [0.2, 0.25) is 0 Å². The fourth-order valence-electron chi connectivity index (χ4n) is 3.07. The lowest BCUT2D eigenvalue weighted by molar-refractivity contribution is 0.0794. The maximum atomic E-state index is 12.3. The topological polar surface area (TPSA) is 34.9 Å². The molecule has 2 bridgehead atoms. The Morgan fingerprint density at radius 2 is 2.19 bits per heavy atom. The maximum Gasteiger partial charge on any atom is 0.250 e. The Balaban J connectivity index is 1.89. The Kier molecular flexibility index (Phi) is 2.03. The number of fused-ring (bicyclic) bond motifs is 2. The van der Waals surface area contributed by atoms with Gasteiger partial charge >= 0.3 is 0 Å². The van der Waals surface area contributed by atoms with Gasteiger partial charge in [-0.05, 0) is 44.6 Å². The zero-order valence-electron chi connectivity index (χ0n) is 9.68. The molecule has 1 aromatic heterocycles. The molecule has 3 heteroatoms. The SMILES string of the molecule is Cc1cc(C)n(C(=O)[C@H]2C[C@@H]3C=C[C@H]2C3)n1. The third-order valence-corrected chi connectivity index (χ3v) is 3.81. The predicted molar refractivity (Wildman–Crippen MR) is 61.2 cm³/mol. The van der Waals surface area contributed by atoms with E-state index in [-0.39, 0.29) is 11.8 Å². The van der Waals surface area contributed by atoms with Gasteiger partial charge in [-0.15, -0.1) is 0 Å². The standard InChI is InChI=1S/C13H16N2O/c1-8-5-9(2)15(14-8)13(16)12-7-10-3-4-11(12)6-10/h3-5,10-12H,6-7H2,1-2H3/t10-,11+,12+/m1/s1. The molecule has 1 heterocycles. The number of hydrogen-bond donors (Lipinski definition) is 0. The lowest BCUT2D eigenvalue weighted by Gasteiger charge is -2.16. The van der Waals surface area contributed by atoms with Crippen LogP contribution in [0.1, 0.15) is 29.0 Å². The first-order valence-corrected chi connectivity index (χ1v) is 5.91. The van der Waals surface area contributed by atoms with Gasteiger partial charge in [0.25, 0.3) is 5.91 Å². The second-order valence-corrected chi connectivity index (χ2v) is 5.06. The normalized spacial score (nSPS) is 31.2. The summed E-state index contributed by atoms with van der Waals surface area (Å²) < 4.78 is 1.59. The Morgan fingerprint density at radius 1 is 1.38 bits per heavy atom. The number of rotatable bonds is 1. The molecule has 0 saturated heterocycles. The summed E-state index contributed by atoms with van der Waals surface area (Å²) in [4.78, 5) is 12.3. The van der Waals surface area contributed by atoms with Gasteiger partial charge in [-0.25, -0.2) is 4.68 Å². The van der Waals surface area contributed by atoms with E-state index in [1.807, 2.05) is 19.9 Å². The summed E-state index contributed by atoms with van der Waals surface area (Å²) in [5.41, 5.74) is 1.87. The molecule has 3 rings (SSSR count). The highest BCUT2D eigenvalue weighted by molar-refractivity contribution is 5.82. The second kappa shape index (κ2) is 3.30. The van der Waals surface area contributed by atoms with Crippen LogP contribution in [0, 0.1) is 31.6 Å². The van der Waals surface area contributed by atoms with Crippen molar-refractivity contribution in [2.75, 3.05) is 0 Å². The molecule has 1 saturated carbocycles. The van der Waals surface area contributed by atoms with Gasteiger partial charge in [0.1, 0.15) is 0 Å². The van der Waals surface area contributed by atoms with Gasteiger partial charge in [-0.1, -0.05) is 12.2 Å². The summed E-state index contributed by atoms with van der Waals surface area (Å²) in [6.45, 7) is 3.87. The lowest BCUT2D eigenvalue weighted by Crippen LogP contribution is -2.26. The minimum atomic E-state index is 0.160. The van der Waals surface area contributed by atoms with Crippen LogP contribution in [-0.4, -0.2) is 15.7 Å². The highest BCUT2D eigenvalue weighted by atomic mass is 16.2. The zero-order chi connectivity index (χ0) is 11.3. The number of aromatic nitrogens is 2. The predicted octanol–water partition coefficient (Wildman–Crippen LogP) is 2.35. The van der Waals surface area contributed by atoms with E-state index in [2.05, 4.69) is 17.3 Å². The van der Waals surface area contributed by atoms with E-state index in [9.17, 15) is 4.79 Å². The molecule has 0 unspecified atom stereocenters. The van der Waals surface area contributed by atoms with E-state index in [1.54, 1.807) is 4.68 Å². The van der Waals surface area contributed by atoms with E-state index in [0.717, 1.165) is 24.2 Å². The number of aryl methyl sites for hydroxylation is 2. The average molecular weight is 216 g/mol. The van der Waals surface area contributed by atoms with Crippen LogP contribution in [-0.2, 0) is 0 Å². The third-order valence-electron chi connectivity index (χ3n) is 3.81. The summed E-state index contributed by atoms with van der Waals surface area (Å²) in [6, 6.07) is 1.96. The first-order chi connectivity index (χ1) is 7.65. The van der Waals surface area contributed by atoms with Crippen molar-refractivity contribution in [3.8, 4) is 0 Å². The van der Waals surface area contributed by atoms with Gasteiger partial charge in [0.2, 0.25) is 0 Å². The number of hydrogen-bond acceptors (Lipinski definition) is 2. The van der Waals surface area contributed by atoms with E-state index < -0.39 is 0 Å². The number of allylic oxidation sites excluding steroid dienone is 2. The fourth-order valence-corrected chi connectivity index (χ4v) is 3.07. The highest BCUT2D eigenvalue weighted by Gasteiger charge is 2.40. The van der Waals surface area contributed by atoms with Crippen molar-refractivity contribution in [3.05, 3.63) is 29.6 Å². The van der Waals surface area contributed by atoms with Crippen molar-refractivity contribution in [3.63, 3.8) is 0 Å². The molecule has 16 heavy (non-hydrogen) atoms. The summed E-state index contributed by atoms with van der Waals surface area (Å²) in [6.07, 6.45) is 6.64. The minimum Gasteiger partial charge on any atom is -0.272 e. The van der Waals surface area contributed by atoms with E-state index in [4.69, 9.17) is 0 Å². The Bertz CT molecular complexity index is 472. The van der Waals surface area contributed by atoms with Crippen molar-refractivity contribution >= 4 is 5.91 Å².